The van der Waals surface area contributed by atoms with Crippen molar-refractivity contribution in [1.82, 2.24) is 14.6 Å². The number of aromatic nitrogens is 3. The predicted octanol–water partition coefficient (Wildman–Crippen LogP) is 0.597. The summed E-state index contributed by atoms with van der Waals surface area (Å²) in [5, 5.41) is 14.3. The Hall–Kier alpha value is -2.25. The van der Waals surface area contributed by atoms with Crippen LogP contribution in [0.1, 0.15) is 25.6 Å². The van der Waals surface area contributed by atoms with Crippen LogP contribution in [0.4, 0.5) is 5.82 Å². The summed E-state index contributed by atoms with van der Waals surface area (Å²) in [4.78, 5) is 7.93. The third-order valence-corrected chi connectivity index (χ3v) is 4.56. The van der Waals surface area contributed by atoms with Crippen molar-refractivity contribution in [3.05, 3.63) is 29.0 Å². The summed E-state index contributed by atoms with van der Waals surface area (Å²) < 4.78 is 19.9. The van der Waals surface area contributed by atoms with Gasteiger partial charge in [-0.25, -0.2) is 9.50 Å². The van der Waals surface area contributed by atoms with Crippen LogP contribution in [0, 0.1) is 6.07 Å². The van der Waals surface area contributed by atoms with E-state index in [2.05, 4.69) is 21.0 Å². The number of fused-ring (bicyclic) bond motifs is 2. The first-order valence-electron chi connectivity index (χ1n) is 7.99. The van der Waals surface area contributed by atoms with Gasteiger partial charge in [0.05, 0.1) is 12.3 Å². The maximum absolute atomic E-state index is 10.0. The highest BCUT2D eigenvalue weighted by Gasteiger charge is 2.66. The summed E-state index contributed by atoms with van der Waals surface area (Å²) in [6, 6.07) is 6.52. The Kier molecular flexibility index (Phi) is 3.49. The number of aliphatic hydroxyl groups is 1. The molecule has 4 rings (SSSR count). The minimum absolute atomic E-state index is 0.331. The Morgan fingerprint density at radius 1 is 1.36 bits per heavy atom. The molecule has 2 saturated heterocycles. The Balaban J connectivity index is 1.84. The van der Waals surface area contributed by atoms with Gasteiger partial charge in [0, 0.05) is 0 Å². The van der Waals surface area contributed by atoms with Crippen LogP contribution in [-0.4, -0.2) is 57.0 Å². The van der Waals surface area contributed by atoms with Crippen LogP contribution in [0.5, 0.6) is 0 Å². The summed E-state index contributed by atoms with van der Waals surface area (Å²) in [6.45, 7) is 3.32. The molecule has 4 heterocycles. The standard InChI is InChI=1S/C16H20N5O4/c1-15(2)23-12-11(24-16(7-22,6-18-3)13(12)25-15)9-4-5-10-14(17)19-8-20-21(9)10/h4-5,8,11-13,22H,7H2,1-3H3,(H2,17,19,20)/q+1/t11-,12-,13-,16+/m0/s1. The molecule has 0 aromatic carbocycles. The molecule has 2 fully saturated rings. The summed E-state index contributed by atoms with van der Waals surface area (Å²) in [7, 11) is 1.57. The van der Waals surface area contributed by atoms with Gasteiger partial charge in [-0.2, -0.15) is 5.10 Å². The summed E-state index contributed by atoms with van der Waals surface area (Å²) in [5.74, 6) is -0.441. The molecule has 9 nitrogen and oxygen atoms in total. The molecule has 0 saturated carbocycles. The van der Waals surface area contributed by atoms with Gasteiger partial charge < -0.3 is 25.1 Å². The first kappa shape index (κ1) is 16.2. The Labute approximate surface area is 144 Å². The second kappa shape index (κ2) is 5.37. The number of nitrogen functional groups attached to an aromatic ring is 1. The van der Waals surface area contributed by atoms with E-state index >= 15 is 0 Å². The van der Waals surface area contributed by atoms with Crippen molar-refractivity contribution in [1.29, 1.82) is 0 Å². The van der Waals surface area contributed by atoms with Crippen molar-refractivity contribution in [3.63, 3.8) is 0 Å². The molecule has 0 spiro atoms. The number of rotatable bonds is 2. The topological polar surface area (TPSA) is 108 Å². The second-order valence-electron chi connectivity index (χ2n) is 6.64. The van der Waals surface area contributed by atoms with E-state index in [1.165, 1.54) is 6.33 Å². The molecule has 0 radical (unpaired) electrons. The zero-order valence-electron chi connectivity index (χ0n) is 14.2. The highest BCUT2D eigenvalue weighted by molar-refractivity contribution is 5.65. The molecule has 2 aliphatic rings. The van der Waals surface area contributed by atoms with Crippen molar-refractivity contribution in [3.8, 4) is 6.07 Å². The number of nitrogens with zero attached hydrogens (tertiary/aromatic N) is 4. The number of nitrogens with two attached hydrogens (primary N) is 1. The van der Waals surface area contributed by atoms with Crippen LogP contribution < -0.4 is 5.73 Å². The maximum Gasteiger partial charge on any atom is 0.313 e. The van der Waals surface area contributed by atoms with Gasteiger partial charge in [-0.1, -0.05) is 4.85 Å². The molecule has 132 valence electrons. The highest BCUT2D eigenvalue weighted by Crippen LogP contribution is 2.49. The van der Waals surface area contributed by atoms with E-state index in [1.807, 2.05) is 26.0 Å². The number of hydrogen-bond donors (Lipinski definition) is 2. The van der Waals surface area contributed by atoms with Crippen LogP contribution in [0.25, 0.3) is 10.4 Å². The van der Waals surface area contributed by atoms with Gasteiger partial charge in [-0.3, -0.25) is 0 Å². The lowest BCUT2D eigenvalue weighted by Crippen LogP contribution is -2.45. The maximum atomic E-state index is 10.0. The number of hydrogen-bond acceptors (Lipinski definition) is 7. The van der Waals surface area contributed by atoms with Gasteiger partial charge in [0.2, 0.25) is 0 Å². The summed E-state index contributed by atoms with van der Waals surface area (Å²) in [6.07, 6.45) is -0.158. The first-order valence-corrected chi connectivity index (χ1v) is 7.99. The number of anilines is 1. The van der Waals surface area contributed by atoms with E-state index in [-0.39, 0.29) is 6.61 Å². The Morgan fingerprint density at radius 2 is 2.16 bits per heavy atom. The zero-order chi connectivity index (χ0) is 17.8. The van der Waals surface area contributed by atoms with Crippen LogP contribution in [0.15, 0.2) is 18.5 Å². The molecule has 25 heavy (non-hydrogen) atoms. The summed E-state index contributed by atoms with van der Waals surface area (Å²) >= 11 is 0. The average molecular weight is 346 g/mol. The first-order chi connectivity index (χ1) is 11.9. The number of aliphatic hydroxyl groups excluding tert-OH is 1. The van der Waals surface area contributed by atoms with Gasteiger partial charge in [0.1, 0.15) is 30.2 Å². The van der Waals surface area contributed by atoms with Crippen molar-refractivity contribution >= 4 is 11.3 Å². The SMILES string of the molecule is C[N+]#C[C@]1(CO)O[C@@H](c2ccc3c(N)ncnn23)[C@@H]2OC(C)(C)O[C@@H]21. The molecule has 2 aliphatic heterocycles. The lowest BCUT2D eigenvalue weighted by molar-refractivity contribution is -0.204. The molecule has 2 aromatic rings. The largest absolute Gasteiger partial charge is 0.392 e. The molecular weight excluding hydrogens is 326 g/mol. The van der Waals surface area contributed by atoms with Crippen molar-refractivity contribution in [2.75, 3.05) is 19.4 Å². The van der Waals surface area contributed by atoms with E-state index in [9.17, 15) is 5.11 Å². The van der Waals surface area contributed by atoms with Crippen molar-refractivity contribution in [2.45, 2.75) is 43.5 Å². The van der Waals surface area contributed by atoms with E-state index < -0.39 is 29.7 Å². The molecule has 0 bridgehead atoms. The fourth-order valence-corrected chi connectivity index (χ4v) is 3.59. The normalized spacial score (nSPS) is 33.2. The number of ether oxygens (including phenoxy) is 3. The van der Waals surface area contributed by atoms with Crippen LogP contribution in [-0.2, 0) is 14.2 Å². The molecule has 0 aliphatic carbocycles. The minimum Gasteiger partial charge on any atom is -0.392 e. The van der Waals surface area contributed by atoms with Crippen LogP contribution >= 0.6 is 0 Å². The van der Waals surface area contributed by atoms with E-state index in [0.717, 1.165) is 5.69 Å². The predicted molar refractivity (Wildman–Crippen MR) is 88.0 cm³/mol. The van der Waals surface area contributed by atoms with Crippen LogP contribution in [0.3, 0.4) is 0 Å². The third-order valence-electron chi connectivity index (χ3n) is 4.56. The molecule has 0 unspecified atom stereocenters. The quantitative estimate of drug-likeness (QED) is 0.819. The summed E-state index contributed by atoms with van der Waals surface area (Å²) in [5.41, 5.74) is 6.10. The van der Waals surface area contributed by atoms with Gasteiger partial charge in [-0.15, -0.1) is 0 Å². The zero-order valence-corrected chi connectivity index (χ0v) is 14.2. The van der Waals surface area contributed by atoms with E-state index in [1.54, 1.807) is 11.6 Å². The minimum atomic E-state index is -1.21. The second-order valence-corrected chi connectivity index (χ2v) is 6.64. The van der Waals surface area contributed by atoms with Gasteiger partial charge in [0.15, 0.2) is 11.6 Å². The highest BCUT2D eigenvalue weighted by atomic mass is 16.8. The van der Waals surface area contributed by atoms with Gasteiger partial charge >= 0.3 is 6.07 Å². The van der Waals surface area contributed by atoms with Gasteiger partial charge in [-0.05, 0) is 26.0 Å². The monoisotopic (exact) mass is 346 g/mol. The van der Waals surface area contributed by atoms with Gasteiger partial charge in [0.25, 0.3) is 12.6 Å². The smallest absolute Gasteiger partial charge is 0.313 e. The molecular formula is C16H20N5O4+. The third kappa shape index (κ3) is 2.30. The van der Waals surface area contributed by atoms with E-state index in [4.69, 9.17) is 19.9 Å². The average Bonchev–Trinajstić information content (AvgIpc) is 3.20. The molecule has 2 aromatic heterocycles. The molecule has 0 amide bonds. The Bertz CT molecular complexity index is 886. The van der Waals surface area contributed by atoms with Crippen LogP contribution in [0.2, 0.25) is 0 Å². The van der Waals surface area contributed by atoms with E-state index in [0.29, 0.717) is 11.3 Å². The molecule has 3 N–H and O–H groups in total. The fraction of sp³-hybridized carbons (Fsp3) is 0.562. The Morgan fingerprint density at radius 3 is 2.88 bits per heavy atom. The fourth-order valence-electron chi connectivity index (χ4n) is 3.59. The molecule has 9 heteroatoms. The van der Waals surface area contributed by atoms with Crippen molar-refractivity contribution < 1.29 is 19.3 Å². The van der Waals surface area contributed by atoms with Crippen molar-refractivity contribution in [2.24, 2.45) is 0 Å². The molecule has 4 atom stereocenters. The lowest BCUT2D eigenvalue weighted by Gasteiger charge is -2.26. The lowest BCUT2D eigenvalue weighted by atomic mass is 9.96.